The number of piperidine rings is 1. The van der Waals surface area contributed by atoms with Gasteiger partial charge in [0.15, 0.2) is 0 Å². The van der Waals surface area contributed by atoms with Crippen LogP contribution < -0.4 is 11.1 Å². The first kappa shape index (κ1) is 15.7. The molecule has 0 saturated carbocycles. The highest BCUT2D eigenvalue weighted by Gasteiger charge is 2.30. The maximum absolute atomic E-state index is 12.3. The summed E-state index contributed by atoms with van der Waals surface area (Å²) in [5.41, 5.74) is 5.32. The van der Waals surface area contributed by atoms with Crippen LogP contribution in [0.4, 0.5) is 5.82 Å². The number of hydrogen-bond donors (Lipinski definition) is 2. The van der Waals surface area contributed by atoms with E-state index in [9.17, 15) is 9.59 Å². The standard InChI is InChI=1S/C14H19ClN4O2/c1-9(13(16)20)19-6-2-3-10(8-19)14(21)18-12-5-4-11(15)7-17-12/h4-5,7,9-10H,2-3,6,8H2,1H3,(H2,16,20)(H,17,18,21)/t9-,10+/m0/s1. The van der Waals surface area contributed by atoms with Crippen LogP contribution in [0.1, 0.15) is 19.8 Å². The van der Waals surface area contributed by atoms with Crippen molar-refractivity contribution in [3.8, 4) is 0 Å². The van der Waals surface area contributed by atoms with Crippen molar-refractivity contribution in [3.05, 3.63) is 23.4 Å². The van der Waals surface area contributed by atoms with Gasteiger partial charge in [0.25, 0.3) is 0 Å². The Morgan fingerprint density at radius 1 is 1.52 bits per heavy atom. The second-order valence-corrected chi connectivity index (χ2v) is 5.70. The summed E-state index contributed by atoms with van der Waals surface area (Å²) in [4.78, 5) is 29.5. The molecule has 2 heterocycles. The first-order valence-electron chi connectivity index (χ1n) is 6.93. The summed E-state index contributed by atoms with van der Waals surface area (Å²) in [7, 11) is 0. The number of nitrogens with two attached hydrogens (primary N) is 1. The Balaban J connectivity index is 1.95. The van der Waals surface area contributed by atoms with Crippen LogP contribution >= 0.6 is 11.6 Å². The Morgan fingerprint density at radius 3 is 2.90 bits per heavy atom. The van der Waals surface area contributed by atoms with Gasteiger partial charge in [0, 0.05) is 12.7 Å². The lowest BCUT2D eigenvalue weighted by Crippen LogP contribution is -2.49. The summed E-state index contributed by atoms with van der Waals surface area (Å²) in [6.07, 6.45) is 3.14. The number of aromatic nitrogens is 1. The lowest BCUT2D eigenvalue weighted by Gasteiger charge is -2.34. The Labute approximate surface area is 128 Å². The van der Waals surface area contributed by atoms with Gasteiger partial charge in [-0.05, 0) is 38.4 Å². The number of primary amides is 1. The Bertz CT molecular complexity index is 520. The average Bonchev–Trinajstić information content (AvgIpc) is 2.48. The highest BCUT2D eigenvalue weighted by molar-refractivity contribution is 6.30. The van der Waals surface area contributed by atoms with Crippen LogP contribution in [0.25, 0.3) is 0 Å². The number of anilines is 1. The average molecular weight is 311 g/mol. The number of carbonyl (C=O) groups excluding carboxylic acids is 2. The molecule has 21 heavy (non-hydrogen) atoms. The van der Waals surface area contributed by atoms with Gasteiger partial charge in [-0.2, -0.15) is 0 Å². The quantitative estimate of drug-likeness (QED) is 0.876. The van der Waals surface area contributed by atoms with E-state index in [2.05, 4.69) is 10.3 Å². The molecule has 1 saturated heterocycles. The zero-order valence-electron chi connectivity index (χ0n) is 11.9. The zero-order valence-corrected chi connectivity index (χ0v) is 12.6. The highest BCUT2D eigenvalue weighted by Crippen LogP contribution is 2.20. The molecule has 1 fully saturated rings. The predicted molar refractivity (Wildman–Crippen MR) is 80.8 cm³/mol. The van der Waals surface area contributed by atoms with E-state index < -0.39 is 0 Å². The summed E-state index contributed by atoms with van der Waals surface area (Å²) < 4.78 is 0. The third kappa shape index (κ3) is 4.15. The van der Waals surface area contributed by atoms with Crippen molar-refractivity contribution in [2.75, 3.05) is 18.4 Å². The Morgan fingerprint density at radius 2 is 2.29 bits per heavy atom. The number of nitrogens with zero attached hydrogens (tertiary/aromatic N) is 2. The summed E-state index contributed by atoms with van der Waals surface area (Å²) in [6.45, 7) is 3.08. The topological polar surface area (TPSA) is 88.3 Å². The summed E-state index contributed by atoms with van der Waals surface area (Å²) in [5.74, 6) is -0.149. The molecule has 2 atom stereocenters. The molecule has 1 aromatic rings. The number of pyridine rings is 1. The third-order valence-electron chi connectivity index (χ3n) is 3.76. The second-order valence-electron chi connectivity index (χ2n) is 5.26. The fourth-order valence-electron chi connectivity index (χ4n) is 2.43. The largest absolute Gasteiger partial charge is 0.368 e. The molecule has 2 amide bonds. The Kier molecular flexibility index (Phi) is 5.14. The predicted octanol–water partition coefficient (Wildman–Crippen LogP) is 1.26. The minimum atomic E-state index is -0.365. The van der Waals surface area contributed by atoms with Crippen LogP contribution in [-0.2, 0) is 9.59 Å². The van der Waals surface area contributed by atoms with Crippen molar-refractivity contribution in [2.45, 2.75) is 25.8 Å². The van der Waals surface area contributed by atoms with Crippen LogP contribution in [0.3, 0.4) is 0 Å². The minimum absolute atomic E-state index is 0.0915. The van der Waals surface area contributed by atoms with Crippen molar-refractivity contribution in [1.29, 1.82) is 0 Å². The van der Waals surface area contributed by atoms with E-state index in [-0.39, 0.29) is 23.8 Å². The van der Waals surface area contributed by atoms with Crippen LogP contribution in [0, 0.1) is 5.92 Å². The molecule has 0 aromatic carbocycles. The van der Waals surface area contributed by atoms with Crippen molar-refractivity contribution in [2.24, 2.45) is 11.7 Å². The summed E-state index contributed by atoms with van der Waals surface area (Å²) in [5, 5.41) is 3.30. The molecule has 7 heteroatoms. The number of carbonyl (C=O) groups is 2. The van der Waals surface area contributed by atoms with Gasteiger partial charge in [0.05, 0.1) is 17.0 Å². The minimum Gasteiger partial charge on any atom is -0.368 e. The number of likely N-dealkylation sites (tertiary alicyclic amines) is 1. The molecule has 0 bridgehead atoms. The number of nitrogens with one attached hydrogen (secondary N) is 1. The first-order valence-corrected chi connectivity index (χ1v) is 7.31. The van der Waals surface area contributed by atoms with E-state index in [1.165, 1.54) is 6.20 Å². The fraction of sp³-hybridized carbons (Fsp3) is 0.500. The van der Waals surface area contributed by atoms with E-state index in [1.54, 1.807) is 19.1 Å². The molecule has 2 rings (SSSR count). The van der Waals surface area contributed by atoms with E-state index in [1.807, 2.05) is 4.90 Å². The first-order chi connectivity index (χ1) is 9.97. The Hall–Kier alpha value is -1.66. The van der Waals surface area contributed by atoms with E-state index in [4.69, 9.17) is 17.3 Å². The van der Waals surface area contributed by atoms with Crippen molar-refractivity contribution in [3.63, 3.8) is 0 Å². The lowest BCUT2D eigenvalue weighted by molar-refractivity contribution is -0.127. The van der Waals surface area contributed by atoms with Crippen LogP contribution in [-0.4, -0.2) is 40.8 Å². The van der Waals surface area contributed by atoms with Gasteiger partial charge in [-0.3, -0.25) is 14.5 Å². The van der Waals surface area contributed by atoms with Gasteiger partial charge < -0.3 is 11.1 Å². The summed E-state index contributed by atoms with van der Waals surface area (Å²) >= 11 is 5.75. The molecule has 114 valence electrons. The van der Waals surface area contributed by atoms with E-state index in [0.717, 1.165) is 19.4 Å². The van der Waals surface area contributed by atoms with Crippen LogP contribution in [0.2, 0.25) is 5.02 Å². The molecule has 0 radical (unpaired) electrons. The van der Waals surface area contributed by atoms with Gasteiger partial charge in [-0.25, -0.2) is 4.98 Å². The molecule has 1 aromatic heterocycles. The fourth-order valence-corrected chi connectivity index (χ4v) is 2.54. The maximum Gasteiger partial charge on any atom is 0.234 e. The summed E-state index contributed by atoms with van der Waals surface area (Å²) in [6, 6.07) is 2.98. The molecule has 6 nitrogen and oxygen atoms in total. The van der Waals surface area contributed by atoms with Gasteiger partial charge >= 0.3 is 0 Å². The molecule has 1 aliphatic rings. The number of hydrogen-bond acceptors (Lipinski definition) is 4. The number of rotatable bonds is 4. The molecule has 0 aliphatic carbocycles. The maximum atomic E-state index is 12.3. The normalized spacial score (nSPS) is 20.8. The lowest BCUT2D eigenvalue weighted by atomic mass is 9.96. The second kappa shape index (κ2) is 6.87. The van der Waals surface area contributed by atoms with Gasteiger partial charge in [0.2, 0.25) is 11.8 Å². The molecular weight excluding hydrogens is 292 g/mol. The molecular formula is C14H19ClN4O2. The smallest absolute Gasteiger partial charge is 0.234 e. The molecule has 1 aliphatic heterocycles. The zero-order chi connectivity index (χ0) is 15.4. The van der Waals surface area contributed by atoms with Crippen molar-refractivity contribution < 1.29 is 9.59 Å². The highest BCUT2D eigenvalue weighted by atomic mass is 35.5. The van der Waals surface area contributed by atoms with E-state index in [0.29, 0.717) is 17.4 Å². The monoisotopic (exact) mass is 310 g/mol. The van der Waals surface area contributed by atoms with E-state index >= 15 is 0 Å². The van der Waals surface area contributed by atoms with Crippen LogP contribution in [0.5, 0.6) is 0 Å². The van der Waals surface area contributed by atoms with Crippen molar-refractivity contribution in [1.82, 2.24) is 9.88 Å². The molecule has 0 spiro atoms. The van der Waals surface area contributed by atoms with Gasteiger partial charge in [-0.15, -0.1) is 0 Å². The van der Waals surface area contributed by atoms with Gasteiger partial charge in [0.1, 0.15) is 5.82 Å². The van der Waals surface area contributed by atoms with Crippen LogP contribution in [0.15, 0.2) is 18.3 Å². The number of amides is 2. The number of halogens is 1. The molecule has 0 unspecified atom stereocenters. The van der Waals surface area contributed by atoms with Crippen molar-refractivity contribution >= 4 is 29.2 Å². The van der Waals surface area contributed by atoms with Gasteiger partial charge in [-0.1, -0.05) is 11.6 Å². The molecule has 3 N–H and O–H groups in total. The third-order valence-corrected chi connectivity index (χ3v) is 3.99. The SMILES string of the molecule is C[C@@H](C(N)=O)N1CCC[C@@H](C(=O)Nc2ccc(Cl)cn2)C1.